The van der Waals surface area contributed by atoms with Crippen LogP contribution >= 0.6 is 0 Å². The average molecular weight is 249 g/mol. The molecule has 1 aromatic carbocycles. The minimum absolute atomic E-state index is 0.478. The molecular weight excluding hydrogens is 222 g/mol. The zero-order valence-corrected chi connectivity index (χ0v) is 12.3. The molecule has 0 aromatic heterocycles. The summed E-state index contributed by atoms with van der Waals surface area (Å²) in [5, 5.41) is 3.58. The van der Waals surface area contributed by atoms with Crippen LogP contribution in [0.1, 0.15) is 56.7 Å². The van der Waals surface area contributed by atoms with Crippen molar-refractivity contribution in [3.05, 3.63) is 29.3 Å². The molecule has 102 valence electrons. The smallest absolute Gasteiger partial charge is 0.121 e. The van der Waals surface area contributed by atoms with Crippen molar-refractivity contribution < 1.29 is 4.74 Å². The Balaban J connectivity index is 2.74. The minimum atomic E-state index is 0.478. The molecule has 1 atom stereocenters. The van der Waals surface area contributed by atoms with Gasteiger partial charge in [0, 0.05) is 6.04 Å². The van der Waals surface area contributed by atoms with E-state index in [1.165, 1.54) is 36.8 Å². The van der Waals surface area contributed by atoms with Crippen molar-refractivity contribution in [2.45, 2.75) is 52.5 Å². The van der Waals surface area contributed by atoms with Gasteiger partial charge >= 0.3 is 0 Å². The van der Waals surface area contributed by atoms with Crippen LogP contribution in [0, 0.1) is 6.92 Å². The van der Waals surface area contributed by atoms with Gasteiger partial charge in [-0.15, -0.1) is 0 Å². The monoisotopic (exact) mass is 249 g/mol. The van der Waals surface area contributed by atoms with Crippen LogP contribution in [0.5, 0.6) is 5.75 Å². The second-order valence-electron chi connectivity index (χ2n) is 4.84. The molecule has 1 aromatic rings. The predicted molar refractivity (Wildman–Crippen MR) is 78.3 cm³/mol. The second-order valence-corrected chi connectivity index (χ2v) is 4.84. The standard InChI is InChI=1S/C16H27NO/c1-5-7-8-9-15(17-6-2)14-10-11-16(18-4)13(3)12-14/h10-12,15,17H,5-9H2,1-4H3. The van der Waals surface area contributed by atoms with Crippen LogP contribution in [0.3, 0.4) is 0 Å². The van der Waals surface area contributed by atoms with E-state index in [1.807, 2.05) is 0 Å². The maximum atomic E-state index is 5.32. The molecule has 0 aliphatic carbocycles. The van der Waals surface area contributed by atoms with Crippen LogP contribution in [0.25, 0.3) is 0 Å². The molecule has 1 N–H and O–H groups in total. The molecule has 0 fully saturated rings. The van der Waals surface area contributed by atoms with Crippen molar-refractivity contribution in [1.29, 1.82) is 0 Å². The van der Waals surface area contributed by atoms with E-state index < -0.39 is 0 Å². The number of rotatable bonds is 8. The van der Waals surface area contributed by atoms with E-state index in [9.17, 15) is 0 Å². The van der Waals surface area contributed by atoms with Crippen LogP contribution in [-0.4, -0.2) is 13.7 Å². The van der Waals surface area contributed by atoms with Gasteiger partial charge < -0.3 is 10.1 Å². The van der Waals surface area contributed by atoms with Crippen LogP contribution in [0.15, 0.2) is 18.2 Å². The Morgan fingerprint density at radius 2 is 2.00 bits per heavy atom. The highest BCUT2D eigenvalue weighted by molar-refractivity contribution is 5.37. The second kappa shape index (κ2) is 8.15. The predicted octanol–water partition coefficient (Wildman–Crippen LogP) is 4.23. The van der Waals surface area contributed by atoms with Crippen molar-refractivity contribution in [3.8, 4) is 5.75 Å². The highest BCUT2D eigenvalue weighted by Crippen LogP contribution is 2.25. The number of hydrogen-bond donors (Lipinski definition) is 1. The first-order valence-electron chi connectivity index (χ1n) is 7.10. The Morgan fingerprint density at radius 3 is 2.56 bits per heavy atom. The van der Waals surface area contributed by atoms with Gasteiger partial charge in [-0.05, 0) is 37.1 Å². The Morgan fingerprint density at radius 1 is 1.22 bits per heavy atom. The quantitative estimate of drug-likeness (QED) is 0.696. The molecule has 18 heavy (non-hydrogen) atoms. The third-order valence-corrected chi connectivity index (χ3v) is 3.37. The molecule has 1 rings (SSSR count). The summed E-state index contributed by atoms with van der Waals surface area (Å²) in [7, 11) is 1.73. The molecule has 0 bridgehead atoms. The fourth-order valence-corrected chi connectivity index (χ4v) is 2.35. The number of benzene rings is 1. The van der Waals surface area contributed by atoms with Crippen LogP contribution < -0.4 is 10.1 Å². The van der Waals surface area contributed by atoms with Crippen molar-refractivity contribution >= 4 is 0 Å². The summed E-state index contributed by atoms with van der Waals surface area (Å²) in [5.41, 5.74) is 2.60. The van der Waals surface area contributed by atoms with Crippen LogP contribution in [0.4, 0.5) is 0 Å². The van der Waals surface area contributed by atoms with Gasteiger partial charge in [0.1, 0.15) is 5.75 Å². The van der Waals surface area contributed by atoms with Crippen molar-refractivity contribution in [1.82, 2.24) is 5.32 Å². The average Bonchev–Trinajstić information content (AvgIpc) is 2.38. The molecule has 0 amide bonds. The number of unbranched alkanes of at least 4 members (excludes halogenated alkanes) is 2. The van der Waals surface area contributed by atoms with E-state index in [2.05, 4.69) is 44.3 Å². The van der Waals surface area contributed by atoms with Crippen LogP contribution in [0.2, 0.25) is 0 Å². The summed E-state index contributed by atoms with van der Waals surface area (Å²) in [6, 6.07) is 6.99. The van der Waals surface area contributed by atoms with Gasteiger partial charge in [-0.2, -0.15) is 0 Å². The van der Waals surface area contributed by atoms with Gasteiger partial charge in [0.05, 0.1) is 7.11 Å². The van der Waals surface area contributed by atoms with Crippen molar-refractivity contribution in [2.24, 2.45) is 0 Å². The zero-order chi connectivity index (χ0) is 13.4. The molecule has 2 nitrogen and oxygen atoms in total. The van der Waals surface area contributed by atoms with Gasteiger partial charge in [0.2, 0.25) is 0 Å². The summed E-state index contributed by atoms with van der Waals surface area (Å²) in [6.07, 6.45) is 5.10. The Bertz CT molecular complexity index is 349. The van der Waals surface area contributed by atoms with Gasteiger partial charge in [-0.3, -0.25) is 0 Å². The van der Waals surface area contributed by atoms with E-state index in [0.29, 0.717) is 6.04 Å². The first kappa shape index (κ1) is 15.0. The van der Waals surface area contributed by atoms with E-state index in [0.717, 1.165) is 12.3 Å². The molecule has 0 saturated carbocycles. The fourth-order valence-electron chi connectivity index (χ4n) is 2.35. The third-order valence-electron chi connectivity index (χ3n) is 3.37. The summed E-state index contributed by atoms with van der Waals surface area (Å²) < 4.78 is 5.32. The van der Waals surface area contributed by atoms with Gasteiger partial charge in [-0.1, -0.05) is 45.2 Å². The zero-order valence-electron chi connectivity index (χ0n) is 12.3. The topological polar surface area (TPSA) is 21.3 Å². The summed E-state index contributed by atoms with van der Waals surface area (Å²) >= 11 is 0. The minimum Gasteiger partial charge on any atom is -0.496 e. The molecule has 0 heterocycles. The van der Waals surface area contributed by atoms with Gasteiger partial charge in [0.15, 0.2) is 0 Å². The maximum absolute atomic E-state index is 5.32. The number of hydrogen-bond acceptors (Lipinski definition) is 2. The molecule has 1 unspecified atom stereocenters. The molecule has 0 spiro atoms. The molecule has 0 aliphatic heterocycles. The Hall–Kier alpha value is -1.02. The number of methoxy groups -OCH3 is 1. The first-order chi connectivity index (χ1) is 8.72. The van der Waals surface area contributed by atoms with E-state index >= 15 is 0 Å². The third kappa shape index (κ3) is 4.34. The van der Waals surface area contributed by atoms with Gasteiger partial charge in [-0.25, -0.2) is 0 Å². The number of aryl methyl sites for hydroxylation is 1. The summed E-state index contributed by atoms with van der Waals surface area (Å²) in [6.45, 7) is 7.54. The van der Waals surface area contributed by atoms with Crippen molar-refractivity contribution in [2.75, 3.05) is 13.7 Å². The first-order valence-corrected chi connectivity index (χ1v) is 7.10. The molecule has 0 radical (unpaired) electrons. The highest BCUT2D eigenvalue weighted by Gasteiger charge is 2.11. The molecule has 2 heteroatoms. The molecule has 0 saturated heterocycles. The lowest BCUT2D eigenvalue weighted by Gasteiger charge is -2.19. The highest BCUT2D eigenvalue weighted by atomic mass is 16.5. The normalized spacial score (nSPS) is 12.4. The lowest BCUT2D eigenvalue weighted by atomic mass is 9.98. The summed E-state index contributed by atoms with van der Waals surface area (Å²) in [5.74, 6) is 0.975. The van der Waals surface area contributed by atoms with Gasteiger partial charge in [0.25, 0.3) is 0 Å². The van der Waals surface area contributed by atoms with Crippen LogP contribution in [-0.2, 0) is 0 Å². The Labute approximate surface area is 112 Å². The molecular formula is C16H27NO. The lowest BCUT2D eigenvalue weighted by molar-refractivity contribution is 0.410. The fraction of sp³-hybridized carbons (Fsp3) is 0.625. The number of nitrogens with one attached hydrogen (secondary N) is 1. The number of ether oxygens (including phenoxy) is 1. The van der Waals surface area contributed by atoms with E-state index in [-0.39, 0.29) is 0 Å². The maximum Gasteiger partial charge on any atom is 0.121 e. The molecule has 0 aliphatic rings. The van der Waals surface area contributed by atoms with E-state index in [4.69, 9.17) is 4.74 Å². The lowest BCUT2D eigenvalue weighted by Crippen LogP contribution is -2.21. The van der Waals surface area contributed by atoms with E-state index in [1.54, 1.807) is 7.11 Å². The van der Waals surface area contributed by atoms with Crippen molar-refractivity contribution in [3.63, 3.8) is 0 Å². The largest absolute Gasteiger partial charge is 0.496 e. The SMILES string of the molecule is CCCCCC(NCC)c1ccc(OC)c(C)c1. The Kier molecular flexibility index (Phi) is 6.81. The summed E-state index contributed by atoms with van der Waals surface area (Å²) in [4.78, 5) is 0.